The maximum absolute atomic E-state index is 13.5. The Bertz CT molecular complexity index is 1740. The first-order valence-corrected chi connectivity index (χ1v) is 16.9. The molecule has 48 heavy (non-hydrogen) atoms. The van der Waals surface area contributed by atoms with Crippen LogP contribution in [0.25, 0.3) is 5.69 Å². The molecule has 3 heterocycles. The van der Waals surface area contributed by atoms with Crippen molar-refractivity contribution >= 4 is 23.4 Å². The quantitative estimate of drug-likeness (QED) is 0.194. The number of nitrogens with zero attached hydrogens (tertiary/aromatic N) is 3. The molecule has 3 aromatic carbocycles. The Hall–Kier alpha value is -4.79. The van der Waals surface area contributed by atoms with Crippen LogP contribution in [0.2, 0.25) is 0 Å². The third kappa shape index (κ3) is 7.20. The van der Waals surface area contributed by atoms with Gasteiger partial charge in [-0.05, 0) is 80.8 Å². The molecule has 2 atom stereocenters. The van der Waals surface area contributed by atoms with Gasteiger partial charge in [-0.1, -0.05) is 62.7 Å². The minimum atomic E-state index is -0.323. The number of rotatable bonds is 9. The predicted octanol–water partition coefficient (Wildman–Crippen LogP) is 7.69. The molecule has 2 N–H and O–H groups in total. The summed E-state index contributed by atoms with van der Waals surface area (Å²) in [6.45, 7) is 8.37. The number of ether oxygens (including phenoxy) is 2. The van der Waals surface area contributed by atoms with Gasteiger partial charge in [0.05, 0.1) is 32.0 Å². The Morgan fingerprint density at radius 1 is 0.896 bits per heavy atom. The molecular formula is C39H47N5O4. The molecule has 1 aromatic heterocycles. The van der Waals surface area contributed by atoms with Crippen LogP contribution in [0, 0.1) is 12.8 Å². The van der Waals surface area contributed by atoms with Gasteiger partial charge in [0.2, 0.25) is 5.91 Å². The number of carbonyl (C=O) groups excluding carboxylic acids is 2. The zero-order chi connectivity index (χ0) is 34.0. The zero-order valence-electron chi connectivity index (χ0n) is 28.9. The Morgan fingerprint density at radius 2 is 1.58 bits per heavy atom. The normalized spacial score (nSPS) is 18.8. The number of anilines is 2. The number of benzene rings is 3. The van der Waals surface area contributed by atoms with E-state index in [4.69, 9.17) is 14.6 Å². The summed E-state index contributed by atoms with van der Waals surface area (Å²) in [5, 5.41) is 10.8. The third-order valence-corrected chi connectivity index (χ3v) is 9.68. The van der Waals surface area contributed by atoms with E-state index in [1.165, 1.54) is 5.56 Å². The van der Waals surface area contributed by atoms with Crippen molar-refractivity contribution < 1.29 is 19.1 Å². The lowest BCUT2D eigenvalue weighted by molar-refractivity contribution is -0.135. The lowest BCUT2D eigenvalue weighted by atomic mass is 9.85. The molecular weight excluding hydrogens is 602 g/mol. The van der Waals surface area contributed by atoms with E-state index in [-0.39, 0.29) is 29.4 Å². The number of hydrogen-bond acceptors (Lipinski definition) is 5. The van der Waals surface area contributed by atoms with Gasteiger partial charge in [0.1, 0.15) is 5.82 Å². The average Bonchev–Trinajstić information content (AvgIpc) is 3.60. The molecule has 2 unspecified atom stereocenters. The number of urea groups is 1. The monoisotopic (exact) mass is 649 g/mol. The summed E-state index contributed by atoms with van der Waals surface area (Å²) in [7, 11) is 3.23. The maximum Gasteiger partial charge on any atom is 0.324 e. The second-order valence-corrected chi connectivity index (χ2v) is 14.2. The maximum atomic E-state index is 13.5. The topological polar surface area (TPSA) is 97.7 Å². The highest BCUT2D eigenvalue weighted by molar-refractivity contribution is 5.99. The molecule has 9 heteroatoms. The van der Waals surface area contributed by atoms with Crippen molar-refractivity contribution in [2.24, 2.45) is 5.92 Å². The number of para-hydroxylation sites is 1. The molecule has 2 aliphatic rings. The molecule has 0 saturated carbocycles. The molecule has 0 radical (unpaired) electrons. The predicted molar refractivity (Wildman–Crippen MR) is 189 cm³/mol. The summed E-state index contributed by atoms with van der Waals surface area (Å²) in [4.78, 5) is 28.8. The van der Waals surface area contributed by atoms with E-state index in [1.54, 1.807) is 18.9 Å². The Balaban J connectivity index is 1.05. The molecule has 3 amide bonds. The van der Waals surface area contributed by atoms with E-state index < -0.39 is 0 Å². The molecule has 0 aliphatic carbocycles. The van der Waals surface area contributed by atoms with Crippen LogP contribution in [-0.2, 0) is 23.1 Å². The van der Waals surface area contributed by atoms with Crippen molar-refractivity contribution in [1.29, 1.82) is 0 Å². The summed E-state index contributed by atoms with van der Waals surface area (Å²) in [6, 6.07) is 24.0. The van der Waals surface area contributed by atoms with Crippen molar-refractivity contribution in [3.05, 3.63) is 95.2 Å². The molecule has 2 fully saturated rings. The minimum Gasteiger partial charge on any atom is -0.493 e. The summed E-state index contributed by atoms with van der Waals surface area (Å²) in [6.07, 6.45) is 5.39. The standard InChI is InChI=1S/C39H47N5O4/c1-25-10-16-30(17-11-25)44-35(24-34(42-44)39(2,3)4)41-38(46)40-29-14-12-26(13-15-29)20-27-21-31-18-19-32(22-27)43(31)36(45)23-28-8-7-9-33(47-5)37(28)48-6/h7-17,24,27,31-32H,18-23H2,1-6H3,(H2,40,41,46). The number of amides is 3. The van der Waals surface area contributed by atoms with E-state index in [0.29, 0.717) is 29.7 Å². The van der Waals surface area contributed by atoms with Crippen molar-refractivity contribution in [3.63, 3.8) is 0 Å². The molecule has 9 nitrogen and oxygen atoms in total. The lowest BCUT2D eigenvalue weighted by Gasteiger charge is -2.39. The van der Waals surface area contributed by atoms with Gasteiger partial charge in [-0.25, -0.2) is 9.48 Å². The second kappa shape index (κ2) is 13.7. The largest absolute Gasteiger partial charge is 0.493 e. The highest BCUT2D eigenvalue weighted by atomic mass is 16.5. The number of aromatic nitrogens is 2. The first-order chi connectivity index (χ1) is 23.0. The van der Waals surface area contributed by atoms with Gasteiger partial charge in [-0.15, -0.1) is 0 Å². The number of hydrogen-bond donors (Lipinski definition) is 2. The molecule has 2 aliphatic heterocycles. The van der Waals surface area contributed by atoms with Gasteiger partial charge in [0.15, 0.2) is 11.5 Å². The number of methoxy groups -OCH3 is 2. The highest BCUT2D eigenvalue weighted by Crippen LogP contribution is 2.41. The van der Waals surface area contributed by atoms with Gasteiger partial charge < -0.3 is 19.7 Å². The first-order valence-electron chi connectivity index (χ1n) is 16.9. The second-order valence-electron chi connectivity index (χ2n) is 14.2. The van der Waals surface area contributed by atoms with Crippen LogP contribution >= 0.6 is 0 Å². The van der Waals surface area contributed by atoms with Crippen LogP contribution in [0.15, 0.2) is 72.8 Å². The Labute approximate surface area is 283 Å². The fraction of sp³-hybridized carbons (Fsp3) is 0.410. The Kier molecular flexibility index (Phi) is 9.49. The van der Waals surface area contributed by atoms with Crippen molar-refractivity contribution in [3.8, 4) is 17.2 Å². The van der Waals surface area contributed by atoms with Crippen molar-refractivity contribution in [2.45, 2.75) is 83.7 Å². The van der Waals surface area contributed by atoms with Gasteiger partial charge in [0.25, 0.3) is 0 Å². The number of piperidine rings is 1. The van der Waals surface area contributed by atoms with Crippen molar-refractivity contribution in [2.75, 3.05) is 24.9 Å². The number of nitrogens with one attached hydrogen (secondary N) is 2. The van der Waals surface area contributed by atoms with E-state index in [1.807, 2.05) is 67.6 Å². The third-order valence-electron chi connectivity index (χ3n) is 9.68. The summed E-state index contributed by atoms with van der Waals surface area (Å²) in [5.74, 6) is 2.57. The van der Waals surface area contributed by atoms with Crippen molar-refractivity contribution in [1.82, 2.24) is 14.7 Å². The summed E-state index contributed by atoms with van der Waals surface area (Å²) < 4.78 is 12.8. The summed E-state index contributed by atoms with van der Waals surface area (Å²) >= 11 is 0. The number of fused-ring (bicyclic) bond motifs is 2. The van der Waals surface area contributed by atoms with E-state index in [2.05, 4.69) is 48.4 Å². The minimum absolute atomic E-state index is 0.165. The summed E-state index contributed by atoms with van der Waals surface area (Å²) in [5.41, 5.74) is 5.58. The molecule has 252 valence electrons. The fourth-order valence-corrected chi connectivity index (χ4v) is 7.27. The zero-order valence-corrected chi connectivity index (χ0v) is 28.9. The molecule has 4 aromatic rings. The van der Waals surface area contributed by atoms with Gasteiger partial charge in [-0.2, -0.15) is 5.10 Å². The van der Waals surface area contributed by atoms with E-state index in [0.717, 1.165) is 60.3 Å². The highest BCUT2D eigenvalue weighted by Gasteiger charge is 2.43. The fourth-order valence-electron chi connectivity index (χ4n) is 7.27. The molecule has 2 saturated heterocycles. The van der Waals surface area contributed by atoms with Crippen LogP contribution < -0.4 is 20.1 Å². The lowest BCUT2D eigenvalue weighted by Crippen LogP contribution is -2.47. The van der Waals surface area contributed by atoms with Gasteiger partial charge in [-0.3, -0.25) is 10.1 Å². The Morgan fingerprint density at radius 3 is 2.21 bits per heavy atom. The molecule has 6 rings (SSSR count). The smallest absolute Gasteiger partial charge is 0.324 e. The number of carbonyl (C=O) groups is 2. The van der Waals surface area contributed by atoms with Crippen LogP contribution in [0.4, 0.5) is 16.3 Å². The van der Waals surface area contributed by atoms with Gasteiger partial charge in [0, 0.05) is 34.8 Å². The number of aryl methyl sites for hydroxylation is 1. The van der Waals surface area contributed by atoms with Gasteiger partial charge >= 0.3 is 6.03 Å². The first kappa shape index (κ1) is 33.1. The van der Waals surface area contributed by atoms with E-state index in [9.17, 15) is 9.59 Å². The SMILES string of the molecule is COc1cccc(CC(=O)N2C3CCC2CC(Cc2ccc(NC(=O)Nc4cc(C(C)(C)C)nn4-c4ccc(C)cc4)cc2)C3)c1OC. The van der Waals surface area contributed by atoms with Crippen LogP contribution in [0.3, 0.4) is 0 Å². The van der Waals surface area contributed by atoms with Crippen LogP contribution in [0.1, 0.15) is 68.8 Å². The average molecular weight is 650 g/mol. The van der Waals surface area contributed by atoms with Crippen LogP contribution in [-0.4, -0.2) is 52.9 Å². The molecule has 0 spiro atoms. The van der Waals surface area contributed by atoms with Crippen LogP contribution in [0.5, 0.6) is 11.5 Å². The molecule has 2 bridgehead atoms. The van der Waals surface area contributed by atoms with E-state index >= 15 is 0 Å².